The number of carbonyl (C=O) groups is 2. The van der Waals surface area contributed by atoms with E-state index in [9.17, 15) is 38.0 Å². The lowest BCUT2D eigenvalue weighted by molar-refractivity contribution is -0.385. The highest BCUT2D eigenvalue weighted by atomic mass is 19.4. The minimum atomic E-state index is -5.60. The number of para-hydroxylation sites is 1. The zero-order valence-electron chi connectivity index (χ0n) is 10.9. The number of nitrogens with one attached hydrogen (secondary N) is 1. The molecular weight excluding hydrogens is 313 g/mol. The molecule has 1 aromatic rings. The molecule has 120 valence electrons. The average molecular weight is 322 g/mol. The van der Waals surface area contributed by atoms with Crippen molar-refractivity contribution < 1.29 is 37.5 Å². The van der Waals surface area contributed by atoms with Crippen molar-refractivity contribution in [2.75, 3.05) is 7.11 Å². The smallest absolute Gasteiger partial charge is 0.448 e. The van der Waals surface area contributed by atoms with Gasteiger partial charge in [0.1, 0.15) is 5.56 Å². The van der Waals surface area contributed by atoms with Crippen LogP contribution in [0.2, 0.25) is 0 Å². The summed E-state index contributed by atoms with van der Waals surface area (Å²) in [5.41, 5.74) is -5.89. The Bertz CT molecular complexity index is 618. The van der Waals surface area contributed by atoms with Crippen molar-refractivity contribution in [3.8, 4) is 0 Å². The van der Waals surface area contributed by atoms with Crippen molar-refractivity contribution in [1.82, 2.24) is 5.32 Å². The number of hydrogen-bond acceptors (Lipinski definition) is 6. The molecule has 1 aromatic carbocycles. The molecule has 0 radical (unpaired) electrons. The van der Waals surface area contributed by atoms with E-state index in [-0.39, 0.29) is 0 Å². The zero-order chi connectivity index (χ0) is 17.1. The molecule has 0 aliphatic heterocycles. The monoisotopic (exact) mass is 322 g/mol. The topological polar surface area (TPSA) is 119 Å². The van der Waals surface area contributed by atoms with Crippen LogP contribution in [0.3, 0.4) is 0 Å². The average Bonchev–Trinajstić information content (AvgIpc) is 2.44. The first-order chi connectivity index (χ1) is 10.0. The quantitative estimate of drug-likeness (QED) is 0.365. The minimum absolute atomic E-state index is 0.566. The SMILES string of the molecule is COC(=O)C(O)(NC(=O)c1ccccc1[N+](=O)[O-])C(F)(F)F. The van der Waals surface area contributed by atoms with Crippen LogP contribution in [-0.4, -0.2) is 40.9 Å². The first-order valence-corrected chi connectivity index (χ1v) is 5.48. The minimum Gasteiger partial charge on any atom is -0.465 e. The predicted octanol–water partition coefficient (Wildman–Crippen LogP) is 0.748. The molecule has 1 unspecified atom stereocenters. The fourth-order valence-electron chi connectivity index (χ4n) is 1.44. The number of hydrogen-bond donors (Lipinski definition) is 2. The summed E-state index contributed by atoms with van der Waals surface area (Å²) in [5, 5.41) is 21.1. The van der Waals surface area contributed by atoms with Gasteiger partial charge in [-0.2, -0.15) is 13.2 Å². The Kier molecular flexibility index (Phi) is 4.71. The Morgan fingerprint density at radius 3 is 2.32 bits per heavy atom. The number of ether oxygens (including phenoxy) is 1. The molecule has 0 heterocycles. The maximum atomic E-state index is 12.8. The third-order valence-electron chi connectivity index (χ3n) is 2.53. The van der Waals surface area contributed by atoms with Crippen LogP contribution >= 0.6 is 0 Å². The number of benzene rings is 1. The number of nitro benzene ring substituents is 1. The molecule has 11 heteroatoms. The van der Waals surface area contributed by atoms with E-state index in [1.165, 1.54) is 6.07 Å². The second kappa shape index (κ2) is 5.97. The molecule has 0 aliphatic rings. The normalized spacial score (nSPS) is 13.9. The van der Waals surface area contributed by atoms with Gasteiger partial charge in [0.2, 0.25) is 0 Å². The van der Waals surface area contributed by atoms with E-state index in [0.717, 1.165) is 23.5 Å². The molecule has 0 saturated heterocycles. The third-order valence-corrected chi connectivity index (χ3v) is 2.53. The second-order valence-corrected chi connectivity index (χ2v) is 3.93. The number of carbonyl (C=O) groups excluding carboxylic acids is 2. The summed E-state index contributed by atoms with van der Waals surface area (Å²) in [6, 6.07) is 4.08. The molecule has 1 atom stereocenters. The number of nitro groups is 1. The molecule has 0 fully saturated rings. The molecular formula is C11H9F3N2O6. The van der Waals surface area contributed by atoms with E-state index in [2.05, 4.69) is 4.74 Å². The fourth-order valence-corrected chi connectivity index (χ4v) is 1.44. The Morgan fingerprint density at radius 1 is 1.32 bits per heavy atom. The van der Waals surface area contributed by atoms with Crippen molar-refractivity contribution in [2.24, 2.45) is 0 Å². The molecule has 0 aromatic heterocycles. The Hall–Kier alpha value is -2.69. The lowest BCUT2D eigenvalue weighted by Gasteiger charge is -2.28. The van der Waals surface area contributed by atoms with Crippen molar-refractivity contribution in [2.45, 2.75) is 11.9 Å². The summed E-state index contributed by atoms with van der Waals surface area (Å²) in [7, 11) is 0.566. The van der Waals surface area contributed by atoms with Crippen molar-refractivity contribution in [1.29, 1.82) is 0 Å². The largest absolute Gasteiger partial charge is 0.465 e. The summed E-state index contributed by atoms with van der Waals surface area (Å²) in [4.78, 5) is 32.6. The van der Waals surface area contributed by atoms with E-state index in [1.54, 1.807) is 0 Å². The lowest BCUT2D eigenvalue weighted by atomic mass is 10.1. The van der Waals surface area contributed by atoms with Crippen LogP contribution in [0.25, 0.3) is 0 Å². The molecule has 0 saturated carbocycles. The van der Waals surface area contributed by atoms with Crippen LogP contribution < -0.4 is 5.32 Å². The Morgan fingerprint density at radius 2 is 1.86 bits per heavy atom. The highest BCUT2D eigenvalue weighted by Crippen LogP contribution is 2.30. The maximum absolute atomic E-state index is 12.8. The first kappa shape index (κ1) is 17.4. The zero-order valence-corrected chi connectivity index (χ0v) is 10.9. The van der Waals surface area contributed by atoms with Gasteiger partial charge in [-0.3, -0.25) is 14.9 Å². The number of alkyl halides is 3. The van der Waals surface area contributed by atoms with Gasteiger partial charge in [-0.25, -0.2) is 4.79 Å². The van der Waals surface area contributed by atoms with Crippen LogP contribution in [0, 0.1) is 10.1 Å². The van der Waals surface area contributed by atoms with Crippen molar-refractivity contribution >= 4 is 17.6 Å². The molecule has 2 N–H and O–H groups in total. The number of halogens is 3. The number of rotatable bonds is 4. The van der Waals surface area contributed by atoms with Crippen molar-refractivity contribution in [3.05, 3.63) is 39.9 Å². The second-order valence-electron chi connectivity index (χ2n) is 3.93. The van der Waals surface area contributed by atoms with E-state index in [0.29, 0.717) is 7.11 Å². The van der Waals surface area contributed by atoms with Gasteiger partial charge in [-0.15, -0.1) is 0 Å². The molecule has 0 aliphatic carbocycles. The number of nitrogens with zero attached hydrogens (tertiary/aromatic N) is 1. The van der Waals surface area contributed by atoms with Gasteiger partial charge in [-0.05, 0) is 6.07 Å². The van der Waals surface area contributed by atoms with Crippen LogP contribution in [-0.2, 0) is 9.53 Å². The summed E-state index contributed by atoms with van der Waals surface area (Å²) in [5.74, 6) is -3.86. The van der Waals surface area contributed by atoms with Gasteiger partial charge in [0, 0.05) is 6.07 Å². The number of esters is 1. The molecule has 0 spiro atoms. The summed E-state index contributed by atoms with van der Waals surface area (Å²) >= 11 is 0. The molecule has 8 nitrogen and oxygen atoms in total. The van der Waals surface area contributed by atoms with E-state index >= 15 is 0 Å². The van der Waals surface area contributed by atoms with E-state index in [4.69, 9.17) is 0 Å². The van der Waals surface area contributed by atoms with Gasteiger partial charge < -0.3 is 15.2 Å². The molecule has 22 heavy (non-hydrogen) atoms. The van der Waals surface area contributed by atoms with Gasteiger partial charge in [0.15, 0.2) is 0 Å². The number of amides is 1. The molecule has 1 amide bonds. The van der Waals surface area contributed by atoms with Gasteiger partial charge in [0.25, 0.3) is 11.6 Å². The molecule has 1 rings (SSSR count). The summed E-state index contributed by atoms with van der Waals surface area (Å²) < 4.78 is 42.1. The van der Waals surface area contributed by atoms with Crippen molar-refractivity contribution in [3.63, 3.8) is 0 Å². The third kappa shape index (κ3) is 3.14. The standard InChI is InChI=1S/C11H9F3N2O6/c1-22-9(18)10(19,11(12,13)14)15-8(17)6-4-2-3-5-7(6)16(20)21/h2-5,19H,1H3,(H,15,17). The van der Waals surface area contributed by atoms with Crippen LogP contribution in [0.5, 0.6) is 0 Å². The van der Waals surface area contributed by atoms with Gasteiger partial charge in [0.05, 0.1) is 12.0 Å². The summed E-state index contributed by atoms with van der Waals surface area (Å²) in [6.45, 7) is 0. The van der Waals surface area contributed by atoms with Crippen LogP contribution in [0.15, 0.2) is 24.3 Å². The highest BCUT2D eigenvalue weighted by Gasteiger charge is 2.62. The Labute approximate surface area is 120 Å². The van der Waals surface area contributed by atoms with E-state index < -0.39 is 40.0 Å². The van der Waals surface area contributed by atoms with Gasteiger partial charge in [-0.1, -0.05) is 12.1 Å². The highest BCUT2D eigenvalue weighted by molar-refractivity contribution is 6.00. The first-order valence-electron chi connectivity index (χ1n) is 5.48. The number of aliphatic hydroxyl groups is 1. The fraction of sp³-hybridized carbons (Fsp3) is 0.273. The van der Waals surface area contributed by atoms with Gasteiger partial charge >= 0.3 is 17.9 Å². The number of methoxy groups -OCH3 is 1. The van der Waals surface area contributed by atoms with E-state index in [1.807, 2.05) is 0 Å². The Balaban J connectivity index is 3.24. The molecule has 0 bridgehead atoms. The predicted molar refractivity (Wildman–Crippen MR) is 63.6 cm³/mol. The van der Waals surface area contributed by atoms with Crippen LogP contribution in [0.4, 0.5) is 18.9 Å². The lowest BCUT2D eigenvalue weighted by Crippen LogP contribution is -2.64. The maximum Gasteiger partial charge on any atom is 0.448 e. The summed E-state index contributed by atoms with van der Waals surface area (Å²) in [6.07, 6.45) is -5.60. The van der Waals surface area contributed by atoms with Crippen LogP contribution in [0.1, 0.15) is 10.4 Å².